The zero-order valence-corrected chi connectivity index (χ0v) is 18.5. The molecule has 1 saturated heterocycles. The summed E-state index contributed by atoms with van der Waals surface area (Å²) in [6, 6.07) is 15.3. The van der Waals surface area contributed by atoms with Gasteiger partial charge in [0.2, 0.25) is 0 Å². The van der Waals surface area contributed by atoms with E-state index in [1.165, 1.54) is 5.56 Å². The van der Waals surface area contributed by atoms with Crippen LogP contribution in [0.4, 0.5) is 0 Å². The van der Waals surface area contributed by atoms with Crippen LogP contribution in [0.1, 0.15) is 52.0 Å². The van der Waals surface area contributed by atoms with Gasteiger partial charge in [-0.15, -0.1) is 0 Å². The fourth-order valence-electron chi connectivity index (χ4n) is 4.72. The Morgan fingerprint density at radius 3 is 2.74 bits per heavy atom. The summed E-state index contributed by atoms with van der Waals surface area (Å²) in [7, 11) is 0. The van der Waals surface area contributed by atoms with Gasteiger partial charge in [-0.2, -0.15) is 0 Å². The van der Waals surface area contributed by atoms with Crippen molar-refractivity contribution in [3.8, 4) is 5.69 Å². The Labute approximate surface area is 185 Å². The Hall–Kier alpha value is -3.06. The molecule has 1 fully saturated rings. The number of benzene rings is 1. The number of aryl methyl sites for hydroxylation is 1. The lowest BCUT2D eigenvalue weighted by molar-refractivity contribution is 0.0697. The van der Waals surface area contributed by atoms with Crippen LogP contribution in [0, 0.1) is 13.8 Å². The van der Waals surface area contributed by atoms with Gasteiger partial charge in [0.25, 0.3) is 0 Å². The number of aliphatic imine (C=N–C) groups is 1. The minimum Gasteiger partial charge on any atom is -0.478 e. The highest BCUT2D eigenvalue weighted by molar-refractivity contribution is 8.14. The van der Waals surface area contributed by atoms with Crippen molar-refractivity contribution in [3.63, 3.8) is 0 Å². The van der Waals surface area contributed by atoms with Crippen molar-refractivity contribution < 1.29 is 9.90 Å². The van der Waals surface area contributed by atoms with Crippen LogP contribution in [0.15, 0.2) is 59.7 Å². The van der Waals surface area contributed by atoms with Crippen LogP contribution in [-0.2, 0) is 0 Å². The fraction of sp³-hybridized carbons (Fsp3) is 0.292. The third kappa shape index (κ3) is 3.33. The largest absolute Gasteiger partial charge is 0.478 e. The molecule has 5 rings (SSSR count). The van der Waals surface area contributed by atoms with Crippen molar-refractivity contribution in [3.05, 3.63) is 82.9 Å². The summed E-state index contributed by atoms with van der Waals surface area (Å²) in [6.07, 6.45) is 1.83. The van der Waals surface area contributed by atoms with Crippen LogP contribution in [-0.4, -0.2) is 42.5 Å². The van der Waals surface area contributed by atoms with Gasteiger partial charge < -0.3 is 14.6 Å². The van der Waals surface area contributed by atoms with Crippen molar-refractivity contribution in [2.24, 2.45) is 4.99 Å². The predicted octanol–water partition coefficient (Wildman–Crippen LogP) is 4.78. The topological polar surface area (TPSA) is 70.7 Å². The molecule has 7 heteroatoms. The zero-order chi connectivity index (χ0) is 21.7. The van der Waals surface area contributed by atoms with E-state index in [0.29, 0.717) is 5.25 Å². The van der Waals surface area contributed by atoms with E-state index in [0.717, 1.165) is 34.5 Å². The molecule has 0 aliphatic carbocycles. The Bertz CT molecular complexity index is 1190. The molecule has 0 saturated carbocycles. The quantitative estimate of drug-likeness (QED) is 0.643. The molecule has 1 N–H and O–H groups in total. The van der Waals surface area contributed by atoms with E-state index >= 15 is 0 Å². The molecule has 3 atom stereocenters. The number of nitrogens with zero attached hydrogens (tertiary/aromatic N) is 4. The second-order valence-electron chi connectivity index (χ2n) is 8.15. The molecule has 2 aliphatic heterocycles. The number of fused-ring (bicyclic) bond motifs is 1. The van der Waals surface area contributed by atoms with Crippen molar-refractivity contribution in [2.75, 3.05) is 6.54 Å². The van der Waals surface area contributed by atoms with Gasteiger partial charge in [0, 0.05) is 35.1 Å². The van der Waals surface area contributed by atoms with Gasteiger partial charge in [-0.1, -0.05) is 30.8 Å². The minimum atomic E-state index is -0.920. The summed E-state index contributed by atoms with van der Waals surface area (Å²) >= 11 is 1.83. The molecule has 2 aliphatic rings. The van der Waals surface area contributed by atoms with E-state index < -0.39 is 5.97 Å². The molecule has 0 unspecified atom stereocenters. The highest BCUT2D eigenvalue weighted by Gasteiger charge is 2.44. The lowest BCUT2D eigenvalue weighted by Gasteiger charge is -2.27. The molecular formula is C24H24N4O2S. The standard InChI is InChI=1S/C24H24N4O2S/c1-14-11-19(16(3)28(14)18-8-6-7-17(12-18)23(29)30)22-21(20-9-4-5-10-25-20)26-24-27(22)13-15(2)31-24/h4-12,15,21-22H,13H2,1-3H3,(H,29,30)/t15-,21-,22+/m0/s1. The maximum Gasteiger partial charge on any atom is 0.335 e. The SMILES string of the molecule is Cc1cc([C@@H]2[C@H](c3ccccn3)N=C3S[C@@H](C)CN32)c(C)n1-c1cccc(C(=O)O)c1. The van der Waals surface area contributed by atoms with E-state index in [4.69, 9.17) is 4.99 Å². The van der Waals surface area contributed by atoms with Gasteiger partial charge in [-0.05, 0) is 55.8 Å². The lowest BCUT2D eigenvalue weighted by Crippen LogP contribution is -2.28. The van der Waals surface area contributed by atoms with Crippen molar-refractivity contribution in [1.82, 2.24) is 14.5 Å². The van der Waals surface area contributed by atoms with Crippen molar-refractivity contribution in [2.45, 2.75) is 38.1 Å². The Morgan fingerprint density at radius 2 is 2.00 bits per heavy atom. The third-order valence-corrected chi connectivity index (χ3v) is 7.12. The van der Waals surface area contributed by atoms with Crippen molar-refractivity contribution >= 4 is 22.9 Å². The van der Waals surface area contributed by atoms with Crippen LogP contribution in [0.25, 0.3) is 5.69 Å². The Kier molecular flexibility index (Phi) is 4.85. The van der Waals surface area contributed by atoms with Gasteiger partial charge >= 0.3 is 5.97 Å². The molecule has 6 nitrogen and oxygen atoms in total. The van der Waals surface area contributed by atoms with E-state index in [1.54, 1.807) is 18.2 Å². The second kappa shape index (κ2) is 7.57. The maximum atomic E-state index is 11.5. The smallest absolute Gasteiger partial charge is 0.335 e. The number of thioether (sulfide) groups is 1. The average molecular weight is 433 g/mol. The van der Waals surface area contributed by atoms with Crippen LogP contribution < -0.4 is 0 Å². The van der Waals surface area contributed by atoms with Gasteiger partial charge in [0.05, 0.1) is 17.3 Å². The number of rotatable bonds is 4. The molecule has 0 bridgehead atoms. The summed E-state index contributed by atoms with van der Waals surface area (Å²) in [5, 5.41) is 11.0. The number of hydrogen-bond acceptors (Lipinski definition) is 5. The fourth-order valence-corrected chi connectivity index (χ4v) is 5.81. The summed E-state index contributed by atoms with van der Waals surface area (Å²) in [5.41, 5.74) is 5.51. The number of carboxylic acids is 1. The summed E-state index contributed by atoms with van der Waals surface area (Å²) < 4.78 is 2.14. The van der Waals surface area contributed by atoms with Crippen LogP contribution in [0.2, 0.25) is 0 Å². The molecular weight excluding hydrogens is 408 g/mol. The number of aromatic carboxylic acids is 1. The normalized spacial score (nSPS) is 22.5. The predicted molar refractivity (Wildman–Crippen MR) is 123 cm³/mol. The zero-order valence-electron chi connectivity index (χ0n) is 17.7. The van der Waals surface area contributed by atoms with Gasteiger partial charge in [-0.3, -0.25) is 9.98 Å². The average Bonchev–Trinajstić information content (AvgIpc) is 3.38. The summed E-state index contributed by atoms with van der Waals surface area (Å²) in [6.45, 7) is 7.36. The summed E-state index contributed by atoms with van der Waals surface area (Å²) in [5.74, 6) is -0.920. The Balaban J connectivity index is 1.62. The van der Waals surface area contributed by atoms with E-state index in [2.05, 4.69) is 41.3 Å². The number of carbonyl (C=O) groups is 1. The van der Waals surface area contributed by atoms with Gasteiger partial charge in [0.1, 0.15) is 6.04 Å². The van der Waals surface area contributed by atoms with E-state index in [1.807, 2.05) is 42.2 Å². The molecule has 3 aromatic rings. The molecule has 0 amide bonds. The first kappa shape index (κ1) is 19.9. The van der Waals surface area contributed by atoms with Crippen LogP contribution in [0.5, 0.6) is 0 Å². The minimum absolute atomic E-state index is 0.0597. The first-order valence-electron chi connectivity index (χ1n) is 10.4. The maximum absolute atomic E-state index is 11.5. The number of pyridine rings is 1. The molecule has 31 heavy (non-hydrogen) atoms. The van der Waals surface area contributed by atoms with Crippen LogP contribution >= 0.6 is 11.8 Å². The molecule has 158 valence electrons. The molecule has 1 aromatic carbocycles. The highest BCUT2D eigenvalue weighted by Crippen LogP contribution is 2.48. The summed E-state index contributed by atoms with van der Waals surface area (Å²) in [4.78, 5) is 23.6. The lowest BCUT2D eigenvalue weighted by atomic mass is 9.96. The molecule has 0 spiro atoms. The molecule has 0 radical (unpaired) electrons. The van der Waals surface area contributed by atoms with E-state index in [-0.39, 0.29) is 17.6 Å². The van der Waals surface area contributed by atoms with Crippen LogP contribution in [0.3, 0.4) is 0 Å². The number of carboxylic acid groups (broad SMARTS) is 1. The first-order chi connectivity index (χ1) is 14.9. The molecule has 4 heterocycles. The molecule has 2 aromatic heterocycles. The number of amidine groups is 1. The number of hydrogen-bond donors (Lipinski definition) is 1. The number of aromatic nitrogens is 2. The van der Waals surface area contributed by atoms with Gasteiger partial charge in [-0.25, -0.2) is 4.79 Å². The third-order valence-electron chi connectivity index (χ3n) is 6.02. The first-order valence-corrected chi connectivity index (χ1v) is 11.3. The monoisotopic (exact) mass is 432 g/mol. The Morgan fingerprint density at radius 1 is 1.16 bits per heavy atom. The second-order valence-corrected chi connectivity index (χ2v) is 9.56. The van der Waals surface area contributed by atoms with Gasteiger partial charge in [0.15, 0.2) is 5.17 Å². The highest BCUT2D eigenvalue weighted by atomic mass is 32.2. The van der Waals surface area contributed by atoms with E-state index in [9.17, 15) is 9.90 Å². The van der Waals surface area contributed by atoms with Crippen molar-refractivity contribution in [1.29, 1.82) is 0 Å².